The second-order valence-electron chi connectivity index (χ2n) is 6.86. The van der Waals surface area contributed by atoms with Crippen molar-refractivity contribution in [3.63, 3.8) is 0 Å². The summed E-state index contributed by atoms with van der Waals surface area (Å²) in [6.07, 6.45) is 6.46. The monoisotopic (exact) mass is 285 g/mol. The van der Waals surface area contributed by atoms with E-state index in [1.807, 2.05) is 20.8 Å². The first kappa shape index (κ1) is 17.0. The van der Waals surface area contributed by atoms with E-state index in [2.05, 4.69) is 0 Å². The highest BCUT2D eigenvalue weighted by atomic mass is 16.6. The number of nitrogens with one attached hydrogen (secondary N) is 1. The Labute approximate surface area is 121 Å². The number of carbonyl (C=O) groups is 2. The molecule has 1 aliphatic carbocycles. The highest BCUT2D eigenvalue weighted by molar-refractivity contribution is 5.75. The van der Waals surface area contributed by atoms with Gasteiger partial charge in [0.1, 0.15) is 5.60 Å². The molecule has 116 valence electrons. The van der Waals surface area contributed by atoms with E-state index >= 15 is 0 Å². The highest BCUT2D eigenvalue weighted by Gasteiger charge is 2.35. The summed E-state index contributed by atoms with van der Waals surface area (Å²) < 4.78 is 5.32. The summed E-state index contributed by atoms with van der Waals surface area (Å²) in [5.41, 5.74) is 1.07. The van der Waals surface area contributed by atoms with E-state index in [4.69, 9.17) is 9.94 Å². The average Bonchev–Trinajstić information content (AvgIpc) is 2.35. The average molecular weight is 285 g/mol. The largest absolute Gasteiger partial charge is 0.460 e. The molecule has 0 aliphatic heterocycles. The minimum absolute atomic E-state index is 0.165. The first-order valence-electron chi connectivity index (χ1n) is 7.41. The van der Waals surface area contributed by atoms with Crippen molar-refractivity contribution < 1.29 is 19.5 Å². The predicted molar refractivity (Wildman–Crippen MR) is 75.1 cm³/mol. The Bertz CT molecular complexity index is 340. The third kappa shape index (κ3) is 5.90. The number of esters is 1. The molecule has 0 aromatic carbocycles. The van der Waals surface area contributed by atoms with Crippen LogP contribution in [0.4, 0.5) is 0 Å². The maximum absolute atomic E-state index is 11.8. The van der Waals surface area contributed by atoms with Crippen LogP contribution >= 0.6 is 0 Å². The minimum atomic E-state index is -0.473. The zero-order valence-electron chi connectivity index (χ0n) is 12.8. The van der Waals surface area contributed by atoms with Gasteiger partial charge in [0.05, 0.1) is 0 Å². The van der Waals surface area contributed by atoms with Crippen molar-refractivity contribution in [2.24, 2.45) is 5.41 Å². The number of rotatable bonds is 5. The molecule has 5 heteroatoms. The number of ether oxygens (including phenoxy) is 1. The van der Waals surface area contributed by atoms with Crippen LogP contribution in [0.2, 0.25) is 0 Å². The molecule has 0 spiro atoms. The fourth-order valence-corrected chi connectivity index (χ4v) is 2.96. The van der Waals surface area contributed by atoms with Gasteiger partial charge < -0.3 is 4.74 Å². The molecule has 0 saturated heterocycles. The summed E-state index contributed by atoms with van der Waals surface area (Å²) in [6, 6.07) is 0. The molecule has 0 radical (unpaired) electrons. The molecule has 5 nitrogen and oxygen atoms in total. The second kappa shape index (κ2) is 7.07. The lowest BCUT2D eigenvalue weighted by atomic mass is 9.69. The Balaban J connectivity index is 2.57. The zero-order chi connectivity index (χ0) is 15.2. The highest BCUT2D eigenvalue weighted by Crippen LogP contribution is 2.43. The molecule has 1 fully saturated rings. The SMILES string of the molecule is CC(C)(C)OC(=O)CCC1(CC(=O)NO)CCCCC1. The van der Waals surface area contributed by atoms with Crippen LogP contribution in [0.5, 0.6) is 0 Å². The van der Waals surface area contributed by atoms with Crippen molar-refractivity contribution in [1.29, 1.82) is 0 Å². The van der Waals surface area contributed by atoms with Crippen molar-refractivity contribution >= 4 is 11.9 Å². The van der Waals surface area contributed by atoms with Gasteiger partial charge >= 0.3 is 5.97 Å². The van der Waals surface area contributed by atoms with Gasteiger partial charge in [0, 0.05) is 12.8 Å². The van der Waals surface area contributed by atoms with Gasteiger partial charge in [0.25, 0.3) is 0 Å². The minimum Gasteiger partial charge on any atom is -0.460 e. The quantitative estimate of drug-likeness (QED) is 0.462. The molecule has 0 heterocycles. The van der Waals surface area contributed by atoms with E-state index in [1.54, 1.807) is 5.48 Å². The summed E-state index contributed by atoms with van der Waals surface area (Å²) in [6.45, 7) is 5.54. The van der Waals surface area contributed by atoms with Gasteiger partial charge in [0.2, 0.25) is 5.91 Å². The summed E-state index contributed by atoms with van der Waals surface area (Å²) in [5, 5.41) is 8.72. The maximum atomic E-state index is 11.8. The van der Waals surface area contributed by atoms with Gasteiger partial charge in [-0.25, -0.2) is 5.48 Å². The summed E-state index contributed by atoms with van der Waals surface area (Å²) >= 11 is 0. The third-order valence-corrected chi connectivity index (χ3v) is 3.85. The first-order chi connectivity index (χ1) is 9.26. The van der Waals surface area contributed by atoms with Crippen LogP contribution in [0.15, 0.2) is 0 Å². The first-order valence-corrected chi connectivity index (χ1v) is 7.41. The molecular formula is C15H27NO4. The summed E-state index contributed by atoms with van der Waals surface area (Å²) in [7, 11) is 0. The van der Waals surface area contributed by atoms with Crippen molar-refractivity contribution in [2.45, 2.75) is 77.7 Å². The summed E-state index contributed by atoms with van der Waals surface area (Å²) in [5.74, 6) is -0.581. The normalized spacial score (nSPS) is 18.4. The molecule has 1 aliphatic rings. The van der Waals surface area contributed by atoms with Crippen LogP contribution in [0, 0.1) is 5.41 Å². The topological polar surface area (TPSA) is 75.6 Å². The fourth-order valence-electron chi connectivity index (χ4n) is 2.96. The zero-order valence-corrected chi connectivity index (χ0v) is 12.8. The van der Waals surface area contributed by atoms with Crippen LogP contribution in [0.25, 0.3) is 0 Å². The molecule has 0 aromatic rings. The van der Waals surface area contributed by atoms with Crippen molar-refractivity contribution in [1.82, 2.24) is 5.48 Å². The Morgan fingerprint density at radius 1 is 1.20 bits per heavy atom. The van der Waals surface area contributed by atoms with Crippen LogP contribution in [0.1, 0.15) is 72.1 Å². The van der Waals surface area contributed by atoms with Crippen LogP contribution in [-0.2, 0) is 14.3 Å². The smallest absolute Gasteiger partial charge is 0.306 e. The lowest BCUT2D eigenvalue weighted by Crippen LogP contribution is -2.33. The molecule has 1 amide bonds. The molecule has 20 heavy (non-hydrogen) atoms. The standard InChI is InChI=1S/C15H27NO4/c1-14(2,3)20-13(18)7-10-15(11-12(17)16-19)8-5-4-6-9-15/h19H,4-11H2,1-3H3,(H,16,17). The number of carbonyl (C=O) groups excluding carboxylic acids is 2. The lowest BCUT2D eigenvalue weighted by molar-refractivity contribution is -0.156. The predicted octanol–water partition coefficient (Wildman–Crippen LogP) is 2.95. The molecule has 0 aromatic heterocycles. The van der Waals surface area contributed by atoms with Gasteiger partial charge in [-0.15, -0.1) is 0 Å². The Morgan fingerprint density at radius 2 is 1.80 bits per heavy atom. The maximum Gasteiger partial charge on any atom is 0.306 e. The van der Waals surface area contributed by atoms with Crippen molar-refractivity contribution in [3.05, 3.63) is 0 Å². The van der Waals surface area contributed by atoms with E-state index in [1.165, 1.54) is 6.42 Å². The summed E-state index contributed by atoms with van der Waals surface area (Å²) in [4.78, 5) is 23.3. The van der Waals surface area contributed by atoms with Gasteiger partial charge in [0.15, 0.2) is 0 Å². The number of amides is 1. The van der Waals surface area contributed by atoms with Crippen molar-refractivity contribution in [3.8, 4) is 0 Å². The molecule has 0 atom stereocenters. The van der Waals surface area contributed by atoms with Gasteiger partial charge in [-0.3, -0.25) is 14.8 Å². The van der Waals surface area contributed by atoms with E-state index < -0.39 is 5.60 Å². The number of hydroxylamine groups is 1. The molecule has 0 unspecified atom stereocenters. The second-order valence-corrected chi connectivity index (χ2v) is 6.86. The van der Waals surface area contributed by atoms with Crippen LogP contribution in [0.3, 0.4) is 0 Å². The van der Waals surface area contributed by atoms with Crippen molar-refractivity contribution in [2.75, 3.05) is 0 Å². The van der Waals surface area contributed by atoms with Gasteiger partial charge in [-0.05, 0) is 45.4 Å². The van der Waals surface area contributed by atoms with Gasteiger partial charge in [-0.2, -0.15) is 0 Å². The molecule has 1 saturated carbocycles. The van der Waals surface area contributed by atoms with E-state index in [-0.39, 0.29) is 23.7 Å². The van der Waals surface area contributed by atoms with Crippen LogP contribution in [-0.4, -0.2) is 22.7 Å². The number of hydrogen-bond donors (Lipinski definition) is 2. The molecule has 2 N–H and O–H groups in total. The number of hydrogen-bond acceptors (Lipinski definition) is 4. The lowest BCUT2D eigenvalue weighted by Gasteiger charge is -2.36. The third-order valence-electron chi connectivity index (χ3n) is 3.85. The molecule has 0 bridgehead atoms. The fraction of sp³-hybridized carbons (Fsp3) is 0.867. The van der Waals surface area contributed by atoms with Gasteiger partial charge in [-0.1, -0.05) is 19.3 Å². The molecular weight excluding hydrogens is 258 g/mol. The Kier molecular flexibility index (Phi) is 5.99. The van der Waals surface area contributed by atoms with Crippen LogP contribution < -0.4 is 5.48 Å². The van der Waals surface area contributed by atoms with E-state index in [9.17, 15) is 9.59 Å². The van der Waals surface area contributed by atoms with E-state index in [0.29, 0.717) is 12.8 Å². The Morgan fingerprint density at radius 3 is 2.30 bits per heavy atom. The molecule has 1 rings (SSSR count). The van der Waals surface area contributed by atoms with E-state index in [0.717, 1.165) is 25.7 Å². The Hall–Kier alpha value is -1.10.